The molecule has 5 nitrogen and oxygen atoms in total. The number of rotatable bonds is 8. The lowest BCUT2D eigenvalue weighted by molar-refractivity contribution is -0.128. The summed E-state index contributed by atoms with van der Waals surface area (Å²) in [7, 11) is 0. The molecule has 0 aliphatic heterocycles. The molecule has 0 unspecified atom stereocenters. The van der Waals surface area contributed by atoms with Crippen molar-refractivity contribution >= 4 is 11.8 Å². The number of carbonyl (C=O) groups is 2. The van der Waals surface area contributed by atoms with Crippen molar-refractivity contribution < 1.29 is 14.3 Å². The molecular formula is C19H28N2O3. The maximum absolute atomic E-state index is 11.8. The van der Waals surface area contributed by atoms with E-state index in [9.17, 15) is 9.59 Å². The van der Waals surface area contributed by atoms with Crippen LogP contribution in [0.4, 0.5) is 0 Å². The van der Waals surface area contributed by atoms with Gasteiger partial charge in [0.2, 0.25) is 11.8 Å². The van der Waals surface area contributed by atoms with Crippen LogP contribution in [-0.2, 0) is 9.59 Å². The molecule has 0 aromatic heterocycles. The topological polar surface area (TPSA) is 67.4 Å². The fraction of sp³-hybridized carbons (Fsp3) is 0.579. The summed E-state index contributed by atoms with van der Waals surface area (Å²) in [6.45, 7) is 5.17. The van der Waals surface area contributed by atoms with E-state index in [2.05, 4.69) is 36.6 Å². The zero-order chi connectivity index (χ0) is 17.4. The Bertz CT molecular complexity index is 534. The van der Waals surface area contributed by atoms with Gasteiger partial charge in [0.15, 0.2) is 0 Å². The highest BCUT2D eigenvalue weighted by Gasteiger charge is 2.22. The lowest BCUT2D eigenvalue weighted by Gasteiger charge is -2.11. The monoisotopic (exact) mass is 332 g/mol. The number of nitrogens with one attached hydrogen (secondary N) is 2. The molecule has 1 aromatic carbocycles. The van der Waals surface area contributed by atoms with Crippen molar-refractivity contribution in [3.05, 3.63) is 29.8 Å². The van der Waals surface area contributed by atoms with Gasteiger partial charge in [-0.1, -0.05) is 38.8 Å². The van der Waals surface area contributed by atoms with E-state index < -0.39 is 0 Å². The number of carbonyl (C=O) groups excluding carboxylic acids is 2. The van der Waals surface area contributed by atoms with Crippen molar-refractivity contribution in [2.75, 3.05) is 19.7 Å². The van der Waals surface area contributed by atoms with E-state index in [1.54, 1.807) is 0 Å². The molecule has 2 N–H and O–H groups in total. The Labute approximate surface area is 144 Å². The van der Waals surface area contributed by atoms with Crippen LogP contribution in [0.1, 0.15) is 51.0 Å². The summed E-state index contributed by atoms with van der Waals surface area (Å²) < 4.78 is 5.60. The lowest BCUT2D eigenvalue weighted by Crippen LogP contribution is -2.40. The predicted molar refractivity (Wildman–Crippen MR) is 94.0 cm³/mol. The van der Waals surface area contributed by atoms with E-state index in [4.69, 9.17) is 4.74 Å². The Morgan fingerprint density at radius 1 is 1.12 bits per heavy atom. The Kier molecular flexibility index (Phi) is 7.09. The Morgan fingerprint density at radius 3 is 2.42 bits per heavy atom. The summed E-state index contributed by atoms with van der Waals surface area (Å²) >= 11 is 0. The molecule has 2 amide bonds. The molecule has 24 heavy (non-hydrogen) atoms. The zero-order valence-electron chi connectivity index (χ0n) is 14.6. The highest BCUT2D eigenvalue weighted by molar-refractivity contribution is 5.85. The number of hydrogen-bond acceptors (Lipinski definition) is 3. The SMILES string of the molecule is CC(C)c1ccc(OCCNC(=O)CNC(=O)C2CCCC2)cc1. The van der Waals surface area contributed by atoms with E-state index in [0.717, 1.165) is 31.4 Å². The Morgan fingerprint density at radius 2 is 1.79 bits per heavy atom. The molecule has 0 radical (unpaired) electrons. The van der Waals surface area contributed by atoms with Gasteiger partial charge >= 0.3 is 0 Å². The van der Waals surface area contributed by atoms with Gasteiger partial charge < -0.3 is 15.4 Å². The van der Waals surface area contributed by atoms with Gasteiger partial charge in [-0.25, -0.2) is 0 Å². The number of amides is 2. The third kappa shape index (κ3) is 5.87. The van der Waals surface area contributed by atoms with E-state index in [1.165, 1.54) is 5.56 Å². The molecule has 1 aliphatic carbocycles. The molecule has 1 aliphatic rings. The summed E-state index contributed by atoms with van der Waals surface area (Å²) in [5.74, 6) is 1.21. The first kappa shape index (κ1) is 18.3. The third-order valence-corrected chi connectivity index (χ3v) is 4.39. The van der Waals surface area contributed by atoms with Gasteiger partial charge in [0.1, 0.15) is 12.4 Å². The van der Waals surface area contributed by atoms with Crippen LogP contribution in [0, 0.1) is 5.92 Å². The first-order valence-corrected chi connectivity index (χ1v) is 8.83. The molecule has 2 rings (SSSR count). The van der Waals surface area contributed by atoms with Gasteiger partial charge in [-0.2, -0.15) is 0 Å². The summed E-state index contributed by atoms with van der Waals surface area (Å²) in [4.78, 5) is 23.5. The molecule has 5 heteroatoms. The maximum Gasteiger partial charge on any atom is 0.239 e. The normalized spacial score (nSPS) is 14.6. The lowest BCUT2D eigenvalue weighted by atomic mass is 10.0. The van der Waals surface area contributed by atoms with Crippen molar-refractivity contribution in [3.8, 4) is 5.75 Å². The molecule has 0 spiro atoms. The van der Waals surface area contributed by atoms with Crippen LogP contribution in [0.15, 0.2) is 24.3 Å². The summed E-state index contributed by atoms with van der Waals surface area (Å²) in [6.07, 6.45) is 4.10. The third-order valence-electron chi connectivity index (χ3n) is 4.39. The first-order chi connectivity index (χ1) is 11.6. The summed E-state index contributed by atoms with van der Waals surface area (Å²) in [5.41, 5.74) is 1.27. The fourth-order valence-corrected chi connectivity index (χ4v) is 2.87. The van der Waals surface area contributed by atoms with Gasteiger partial charge in [0.05, 0.1) is 13.1 Å². The largest absolute Gasteiger partial charge is 0.492 e. The molecule has 0 bridgehead atoms. The molecule has 0 heterocycles. The van der Waals surface area contributed by atoms with Crippen LogP contribution in [0.2, 0.25) is 0 Å². The molecule has 0 atom stereocenters. The van der Waals surface area contributed by atoms with Crippen LogP contribution in [0.25, 0.3) is 0 Å². The van der Waals surface area contributed by atoms with E-state index >= 15 is 0 Å². The smallest absolute Gasteiger partial charge is 0.239 e. The standard InChI is InChI=1S/C19H28N2O3/c1-14(2)15-7-9-17(10-8-15)24-12-11-20-18(22)13-21-19(23)16-5-3-4-6-16/h7-10,14,16H,3-6,11-13H2,1-2H3,(H,20,22)(H,21,23). The second kappa shape index (κ2) is 9.30. The van der Waals surface area contributed by atoms with Crippen LogP contribution in [0.5, 0.6) is 5.75 Å². The number of ether oxygens (including phenoxy) is 1. The zero-order valence-corrected chi connectivity index (χ0v) is 14.6. The summed E-state index contributed by atoms with van der Waals surface area (Å²) in [5, 5.41) is 5.46. The minimum Gasteiger partial charge on any atom is -0.492 e. The van der Waals surface area contributed by atoms with Gasteiger partial charge in [0, 0.05) is 5.92 Å². The minimum atomic E-state index is -0.180. The minimum absolute atomic E-state index is 0.00384. The van der Waals surface area contributed by atoms with Gasteiger partial charge in [0.25, 0.3) is 0 Å². The molecule has 1 fully saturated rings. The predicted octanol–water partition coefficient (Wildman–Crippen LogP) is 2.61. The van der Waals surface area contributed by atoms with E-state index in [-0.39, 0.29) is 24.3 Å². The van der Waals surface area contributed by atoms with Crippen LogP contribution in [0.3, 0.4) is 0 Å². The van der Waals surface area contributed by atoms with Gasteiger partial charge in [-0.05, 0) is 36.5 Å². The van der Waals surface area contributed by atoms with Gasteiger partial charge in [-0.15, -0.1) is 0 Å². The van der Waals surface area contributed by atoms with E-state index in [1.807, 2.05) is 12.1 Å². The highest BCUT2D eigenvalue weighted by Crippen LogP contribution is 2.24. The second-order valence-electron chi connectivity index (χ2n) is 6.62. The molecule has 1 saturated carbocycles. The van der Waals surface area contributed by atoms with Crippen molar-refractivity contribution in [2.45, 2.75) is 45.4 Å². The van der Waals surface area contributed by atoms with Gasteiger partial charge in [-0.3, -0.25) is 9.59 Å². The number of benzene rings is 1. The average molecular weight is 332 g/mol. The van der Waals surface area contributed by atoms with E-state index in [0.29, 0.717) is 19.1 Å². The molecule has 1 aromatic rings. The van der Waals surface area contributed by atoms with Crippen molar-refractivity contribution in [2.24, 2.45) is 5.92 Å². The molecular weight excluding hydrogens is 304 g/mol. The van der Waals surface area contributed by atoms with Crippen LogP contribution >= 0.6 is 0 Å². The van der Waals surface area contributed by atoms with Crippen molar-refractivity contribution in [1.29, 1.82) is 0 Å². The van der Waals surface area contributed by atoms with Crippen molar-refractivity contribution in [3.63, 3.8) is 0 Å². The first-order valence-electron chi connectivity index (χ1n) is 8.83. The van der Waals surface area contributed by atoms with Crippen LogP contribution in [-0.4, -0.2) is 31.5 Å². The molecule has 132 valence electrons. The Balaban J connectivity index is 1.58. The quantitative estimate of drug-likeness (QED) is 0.719. The van der Waals surface area contributed by atoms with Crippen molar-refractivity contribution in [1.82, 2.24) is 10.6 Å². The maximum atomic E-state index is 11.8. The second-order valence-corrected chi connectivity index (χ2v) is 6.62. The molecule has 0 saturated heterocycles. The Hall–Kier alpha value is -2.04. The fourth-order valence-electron chi connectivity index (χ4n) is 2.87. The van der Waals surface area contributed by atoms with Crippen LogP contribution < -0.4 is 15.4 Å². The number of hydrogen-bond donors (Lipinski definition) is 2. The average Bonchev–Trinajstić information content (AvgIpc) is 3.11. The summed E-state index contributed by atoms with van der Waals surface area (Å²) in [6, 6.07) is 7.99. The highest BCUT2D eigenvalue weighted by atomic mass is 16.5.